The largest absolute Gasteiger partial charge is 0.389 e. The fourth-order valence-electron chi connectivity index (χ4n) is 3.08. The molecule has 0 aromatic heterocycles. The van der Waals surface area contributed by atoms with Gasteiger partial charge in [0.15, 0.2) is 0 Å². The molecule has 2 nitrogen and oxygen atoms in total. The van der Waals surface area contributed by atoms with Crippen LogP contribution in [0.5, 0.6) is 0 Å². The van der Waals surface area contributed by atoms with Crippen molar-refractivity contribution in [2.45, 2.75) is 76.2 Å². The van der Waals surface area contributed by atoms with Crippen LogP contribution in [-0.4, -0.2) is 34.3 Å². The van der Waals surface area contributed by atoms with E-state index in [1.54, 1.807) is 0 Å². The summed E-state index contributed by atoms with van der Waals surface area (Å²) in [6.45, 7) is 7.74. The number of aliphatic hydroxyl groups is 1. The molecule has 1 heterocycles. The van der Waals surface area contributed by atoms with Crippen molar-refractivity contribution in [3.05, 3.63) is 0 Å². The first-order valence-corrected chi connectivity index (χ1v) is 8.53. The van der Waals surface area contributed by atoms with Gasteiger partial charge in [0.2, 0.25) is 0 Å². The Balaban J connectivity index is 1.79. The van der Waals surface area contributed by atoms with E-state index in [4.69, 9.17) is 0 Å². The van der Waals surface area contributed by atoms with Gasteiger partial charge in [-0.25, -0.2) is 0 Å². The van der Waals surface area contributed by atoms with Gasteiger partial charge in [0.1, 0.15) is 0 Å². The molecule has 0 bridgehead atoms. The molecule has 18 heavy (non-hydrogen) atoms. The molecule has 106 valence electrons. The van der Waals surface area contributed by atoms with Gasteiger partial charge in [-0.15, -0.1) is 0 Å². The quantitative estimate of drug-likeness (QED) is 0.827. The van der Waals surface area contributed by atoms with Crippen LogP contribution in [0.15, 0.2) is 0 Å². The van der Waals surface area contributed by atoms with Gasteiger partial charge in [-0.3, -0.25) is 0 Å². The van der Waals surface area contributed by atoms with Crippen LogP contribution in [0.3, 0.4) is 0 Å². The van der Waals surface area contributed by atoms with Crippen LogP contribution in [0.4, 0.5) is 0 Å². The molecule has 3 heteroatoms. The predicted molar refractivity (Wildman–Crippen MR) is 80.1 cm³/mol. The van der Waals surface area contributed by atoms with E-state index in [0.29, 0.717) is 16.7 Å². The summed E-state index contributed by atoms with van der Waals surface area (Å²) in [4.78, 5) is 0. The molecule has 0 spiro atoms. The molecular formula is C15H29NOS. The lowest BCUT2D eigenvalue weighted by molar-refractivity contribution is -0.0262. The molecule has 2 aliphatic rings. The lowest BCUT2D eigenvalue weighted by atomic mass is 9.71. The monoisotopic (exact) mass is 271 g/mol. The Kier molecular flexibility index (Phi) is 4.66. The first kappa shape index (κ1) is 14.7. The van der Waals surface area contributed by atoms with Crippen molar-refractivity contribution in [3.8, 4) is 0 Å². The van der Waals surface area contributed by atoms with Gasteiger partial charge in [-0.05, 0) is 49.7 Å². The van der Waals surface area contributed by atoms with Crippen molar-refractivity contribution < 1.29 is 5.11 Å². The Morgan fingerprint density at radius 1 is 1.22 bits per heavy atom. The summed E-state index contributed by atoms with van der Waals surface area (Å²) in [7, 11) is 0. The second-order valence-corrected chi connectivity index (χ2v) is 8.58. The highest BCUT2D eigenvalue weighted by Crippen LogP contribution is 2.40. The maximum Gasteiger partial charge on any atom is 0.0772 e. The van der Waals surface area contributed by atoms with Gasteiger partial charge in [-0.2, -0.15) is 11.8 Å². The average Bonchev–Trinajstić information content (AvgIpc) is 2.33. The van der Waals surface area contributed by atoms with Gasteiger partial charge in [-0.1, -0.05) is 20.8 Å². The van der Waals surface area contributed by atoms with Gasteiger partial charge in [0.25, 0.3) is 0 Å². The van der Waals surface area contributed by atoms with Crippen LogP contribution in [0.2, 0.25) is 0 Å². The number of nitrogens with one attached hydrogen (secondary N) is 1. The molecule has 2 atom stereocenters. The second kappa shape index (κ2) is 5.72. The Hall–Kier alpha value is 0.270. The highest BCUT2D eigenvalue weighted by molar-refractivity contribution is 7.99. The molecule has 0 aromatic rings. The SMILES string of the molecule is CC1SCCCC1NCC1(O)CCC(C)(C)CC1. The van der Waals surface area contributed by atoms with Crippen LogP contribution in [0.25, 0.3) is 0 Å². The summed E-state index contributed by atoms with van der Waals surface area (Å²) in [6, 6.07) is 0.600. The topological polar surface area (TPSA) is 32.3 Å². The van der Waals surface area contributed by atoms with Crippen molar-refractivity contribution in [1.29, 1.82) is 0 Å². The fraction of sp³-hybridized carbons (Fsp3) is 1.00. The number of hydrogen-bond donors (Lipinski definition) is 2. The van der Waals surface area contributed by atoms with Crippen LogP contribution in [0.1, 0.15) is 59.3 Å². The maximum atomic E-state index is 10.7. The van der Waals surface area contributed by atoms with Crippen molar-refractivity contribution in [3.63, 3.8) is 0 Å². The lowest BCUT2D eigenvalue weighted by Crippen LogP contribution is -2.50. The summed E-state index contributed by atoms with van der Waals surface area (Å²) in [6.07, 6.45) is 6.82. The highest BCUT2D eigenvalue weighted by Gasteiger charge is 2.37. The summed E-state index contributed by atoms with van der Waals surface area (Å²) in [5.74, 6) is 1.30. The Bertz CT molecular complexity index is 270. The third-order valence-electron chi connectivity index (χ3n) is 4.83. The van der Waals surface area contributed by atoms with Gasteiger partial charge in [0.05, 0.1) is 5.60 Å². The third-order valence-corrected chi connectivity index (χ3v) is 6.21. The number of hydrogen-bond acceptors (Lipinski definition) is 3. The standard InChI is InChI=1S/C15H29NOS/c1-12-13(5-4-10-18-12)16-11-15(17)8-6-14(2,3)7-9-15/h12-13,16-17H,4-11H2,1-3H3. The molecule has 0 radical (unpaired) electrons. The molecule has 0 amide bonds. The second-order valence-electron chi connectivity index (χ2n) is 7.09. The minimum absolute atomic E-state index is 0.431. The van der Waals surface area contributed by atoms with Gasteiger partial charge in [0, 0.05) is 17.8 Å². The van der Waals surface area contributed by atoms with Crippen molar-refractivity contribution in [2.75, 3.05) is 12.3 Å². The Morgan fingerprint density at radius 3 is 2.50 bits per heavy atom. The third kappa shape index (κ3) is 3.88. The molecule has 1 aliphatic heterocycles. The van der Waals surface area contributed by atoms with Crippen LogP contribution >= 0.6 is 11.8 Å². The summed E-state index contributed by atoms with van der Waals surface area (Å²) >= 11 is 2.07. The zero-order valence-corrected chi connectivity index (χ0v) is 13.0. The van der Waals surface area contributed by atoms with E-state index < -0.39 is 5.60 Å². The van der Waals surface area contributed by atoms with E-state index in [1.807, 2.05) is 0 Å². The van der Waals surface area contributed by atoms with Gasteiger partial charge < -0.3 is 10.4 Å². The molecule has 2 fully saturated rings. The summed E-state index contributed by atoms with van der Waals surface area (Å²) in [5, 5.41) is 15.0. The molecule has 2 unspecified atom stereocenters. The van der Waals surface area contributed by atoms with Crippen molar-refractivity contribution in [2.24, 2.45) is 5.41 Å². The predicted octanol–water partition coefficient (Wildman–Crippen LogP) is 3.19. The average molecular weight is 271 g/mol. The lowest BCUT2D eigenvalue weighted by Gasteiger charge is -2.41. The van der Waals surface area contributed by atoms with Crippen LogP contribution < -0.4 is 5.32 Å². The summed E-state index contributed by atoms with van der Waals surface area (Å²) < 4.78 is 0. The first-order chi connectivity index (χ1) is 8.40. The van der Waals surface area contributed by atoms with Crippen LogP contribution in [0, 0.1) is 5.41 Å². The van der Waals surface area contributed by atoms with E-state index >= 15 is 0 Å². The zero-order valence-electron chi connectivity index (χ0n) is 12.2. The maximum absolute atomic E-state index is 10.7. The van der Waals surface area contributed by atoms with E-state index in [1.165, 1.54) is 18.6 Å². The van der Waals surface area contributed by atoms with Crippen molar-refractivity contribution in [1.82, 2.24) is 5.32 Å². The van der Waals surface area contributed by atoms with E-state index in [9.17, 15) is 5.11 Å². The smallest absolute Gasteiger partial charge is 0.0772 e. The Labute approximate surface area is 116 Å². The van der Waals surface area contributed by atoms with Gasteiger partial charge >= 0.3 is 0 Å². The van der Waals surface area contributed by atoms with E-state index in [-0.39, 0.29) is 0 Å². The van der Waals surface area contributed by atoms with E-state index in [0.717, 1.165) is 32.2 Å². The first-order valence-electron chi connectivity index (χ1n) is 7.48. The van der Waals surface area contributed by atoms with Crippen molar-refractivity contribution >= 4 is 11.8 Å². The molecule has 1 saturated carbocycles. The molecule has 0 aromatic carbocycles. The molecule has 1 aliphatic carbocycles. The van der Waals surface area contributed by atoms with E-state index in [2.05, 4.69) is 37.8 Å². The molecular weight excluding hydrogens is 242 g/mol. The molecule has 2 N–H and O–H groups in total. The molecule has 2 rings (SSSR count). The molecule has 1 saturated heterocycles. The minimum atomic E-state index is -0.447. The zero-order chi connectivity index (χ0) is 13.2. The number of thioether (sulfide) groups is 1. The highest BCUT2D eigenvalue weighted by atomic mass is 32.2. The minimum Gasteiger partial charge on any atom is -0.389 e. The number of rotatable bonds is 3. The normalized spacial score (nSPS) is 35.3. The van der Waals surface area contributed by atoms with Crippen LogP contribution in [-0.2, 0) is 0 Å². The Morgan fingerprint density at radius 2 is 1.89 bits per heavy atom. The summed E-state index contributed by atoms with van der Waals surface area (Å²) in [5.41, 5.74) is -0.0163. The fourth-order valence-corrected chi connectivity index (χ4v) is 4.25.